The summed E-state index contributed by atoms with van der Waals surface area (Å²) in [5.41, 5.74) is 0. The van der Waals surface area contributed by atoms with Crippen LogP contribution in [0, 0.1) is 0 Å². The molecule has 0 aliphatic heterocycles. The lowest BCUT2D eigenvalue weighted by molar-refractivity contribution is -0.510. The average Bonchev–Trinajstić information content (AvgIpc) is 2.02. The second-order valence-electron chi connectivity index (χ2n) is 2.54. The maximum atomic E-state index is 7.89. The van der Waals surface area contributed by atoms with Crippen LogP contribution < -0.4 is 0 Å². The summed E-state index contributed by atoms with van der Waals surface area (Å²) >= 11 is 0. The van der Waals surface area contributed by atoms with Crippen LogP contribution in [0.4, 0.5) is 0 Å². The van der Waals surface area contributed by atoms with Gasteiger partial charge in [0.2, 0.25) is 0 Å². The molecule has 0 rings (SSSR count). The summed E-state index contributed by atoms with van der Waals surface area (Å²) < 4.78 is 0. The van der Waals surface area contributed by atoms with E-state index in [4.69, 9.17) is 10.5 Å². The highest BCUT2D eigenvalue weighted by Crippen LogP contribution is 2.07. The molecule has 0 saturated heterocycles. The van der Waals surface area contributed by atoms with Crippen LogP contribution in [0.25, 0.3) is 0 Å². The standard InChI is InChI=1S/C6H14O6/c1-5(9-11-7)3-4-6(2)10-12-8/h5-8H,3-4H2,1-2H3. The van der Waals surface area contributed by atoms with E-state index in [0.29, 0.717) is 12.8 Å². The molecule has 0 saturated carbocycles. The molecule has 0 aliphatic carbocycles. The smallest absolute Gasteiger partial charge is 0.0934 e. The minimum Gasteiger partial charge on any atom is -0.221 e. The molecule has 0 amide bonds. The Morgan fingerprint density at radius 3 is 1.50 bits per heavy atom. The molecule has 0 radical (unpaired) electrons. The van der Waals surface area contributed by atoms with Crippen molar-refractivity contribution in [2.75, 3.05) is 0 Å². The molecule has 0 aromatic rings. The predicted octanol–water partition coefficient (Wildman–Crippen LogP) is 1.39. The molecule has 2 atom stereocenters. The third-order valence-electron chi connectivity index (χ3n) is 1.39. The van der Waals surface area contributed by atoms with Crippen molar-refractivity contribution >= 4 is 0 Å². The van der Waals surface area contributed by atoms with Crippen LogP contribution in [-0.2, 0) is 19.9 Å². The Balaban J connectivity index is 3.27. The molecular formula is C6H14O6. The van der Waals surface area contributed by atoms with E-state index in [0.717, 1.165) is 0 Å². The van der Waals surface area contributed by atoms with Gasteiger partial charge in [-0.1, -0.05) is 10.1 Å². The Morgan fingerprint density at radius 1 is 0.917 bits per heavy atom. The highest BCUT2D eigenvalue weighted by molar-refractivity contribution is 4.53. The minimum atomic E-state index is -0.236. The third-order valence-corrected chi connectivity index (χ3v) is 1.39. The van der Waals surface area contributed by atoms with Crippen molar-refractivity contribution in [2.24, 2.45) is 0 Å². The number of rotatable bonds is 7. The Kier molecular flexibility index (Phi) is 7.26. The van der Waals surface area contributed by atoms with Gasteiger partial charge in [-0.05, 0) is 26.7 Å². The monoisotopic (exact) mass is 182 g/mol. The summed E-state index contributed by atoms with van der Waals surface area (Å²) in [4.78, 5) is 8.73. The van der Waals surface area contributed by atoms with Crippen molar-refractivity contribution in [3.63, 3.8) is 0 Å². The summed E-state index contributed by atoms with van der Waals surface area (Å²) in [6, 6.07) is 0. The van der Waals surface area contributed by atoms with Gasteiger partial charge in [0.1, 0.15) is 0 Å². The quantitative estimate of drug-likeness (QED) is 0.457. The number of hydrogen-bond acceptors (Lipinski definition) is 6. The van der Waals surface area contributed by atoms with Gasteiger partial charge in [-0.2, -0.15) is 0 Å². The first-order chi connectivity index (χ1) is 5.70. The molecule has 6 nitrogen and oxygen atoms in total. The van der Waals surface area contributed by atoms with Crippen LogP contribution in [0.15, 0.2) is 0 Å². The molecule has 74 valence electrons. The average molecular weight is 182 g/mol. The molecule has 0 spiro atoms. The Labute approximate surface area is 70.3 Å². The molecular weight excluding hydrogens is 168 g/mol. The van der Waals surface area contributed by atoms with E-state index in [9.17, 15) is 0 Å². The topological polar surface area (TPSA) is 77.4 Å². The highest BCUT2D eigenvalue weighted by atomic mass is 17.5. The lowest BCUT2D eigenvalue weighted by Gasteiger charge is -2.11. The normalized spacial score (nSPS) is 16.0. The van der Waals surface area contributed by atoms with Crippen molar-refractivity contribution in [1.29, 1.82) is 0 Å². The first kappa shape index (κ1) is 11.8. The fraction of sp³-hybridized carbons (Fsp3) is 1.00. The van der Waals surface area contributed by atoms with Gasteiger partial charge in [-0.15, -0.1) is 0 Å². The largest absolute Gasteiger partial charge is 0.221 e. The first-order valence-corrected chi connectivity index (χ1v) is 3.64. The zero-order chi connectivity index (χ0) is 9.40. The van der Waals surface area contributed by atoms with Gasteiger partial charge in [-0.3, -0.25) is 0 Å². The first-order valence-electron chi connectivity index (χ1n) is 3.64. The maximum Gasteiger partial charge on any atom is 0.0934 e. The van der Waals surface area contributed by atoms with Crippen LogP contribution in [0.5, 0.6) is 0 Å². The zero-order valence-electron chi connectivity index (χ0n) is 7.10. The summed E-state index contributed by atoms with van der Waals surface area (Å²) in [7, 11) is 0. The highest BCUT2D eigenvalue weighted by Gasteiger charge is 2.08. The molecule has 6 heteroatoms. The molecule has 0 aromatic carbocycles. The van der Waals surface area contributed by atoms with Crippen molar-refractivity contribution in [3.05, 3.63) is 0 Å². The summed E-state index contributed by atoms with van der Waals surface area (Å²) in [6.45, 7) is 3.45. The number of hydrogen-bond donors (Lipinski definition) is 2. The van der Waals surface area contributed by atoms with E-state index in [1.807, 2.05) is 0 Å². The SMILES string of the molecule is CC(CCC(C)OOO)OOO. The molecule has 0 aromatic heterocycles. The zero-order valence-corrected chi connectivity index (χ0v) is 7.10. The molecule has 2 N–H and O–H groups in total. The lowest BCUT2D eigenvalue weighted by Crippen LogP contribution is -2.13. The molecule has 2 unspecified atom stereocenters. The van der Waals surface area contributed by atoms with Crippen LogP contribution in [-0.4, -0.2) is 22.7 Å². The van der Waals surface area contributed by atoms with E-state index >= 15 is 0 Å². The van der Waals surface area contributed by atoms with E-state index in [2.05, 4.69) is 19.9 Å². The Hall–Kier alpha value is -0.240. The molecule has 0 fully saturated rings. The van der Waals surface area contributed by atoms with Crippen LogP contribution in [0.1, 0.15) is 26.7 Å². The predicted molar refractivity (Wildman–Crippen MR) is 37.8 cm³/mol. The van der Waals surface area contributed by atoms with Gasteiger partial charge in [-0.25, -0.2) is 20.3 Å². The minimum absolute atomic E-state index is 0.236. The van der Waals surface area contributed by atoms with E-state index in [1.165, 1.54) is 0 Å². The van der Waals surface area contributed by atoms with Crippen LogP contribution in [0.2, 0.25) is 0 Å². The van der Waals surface area contributed by atoms with Gasteiger partial charge in [0, 0.05) is 0 Å². The Morgan fingerprint density at radius 2 is 1.25 bits per heavy atom. The second-order valence-corrected chi connectivity index (χ2v) is 2.54. The van der Waals surface area contributed by atoms with Gasteiger partial charge >= 0.3 is 0 Å². The van der Waals surface area contributed by atoms with Crippen molar-refractivity contribution in [1.82, 2.24) is 0 Å². The maximum absolute atomic E-state index is 7.89. The van der Waals surface area contributed by atoms with E-state index in [1.54, 1.807) is 13.8 Å². The van der Waals surface area contributed by atoms with Crippen LogP contribution >= 0.6 is 0 Å². The molecule has 0 heterocycles. The van der Waals surface area contributed by atoms with Crippen LogP contribution in [0.3, 0.4) is 0 Å². The van der Waals surface area contributed by atoms with Gasteiger partial charge in [0.15, 0.2) is 0 Å². The van der Waals surface area contributed by atoms with Gasteiger partial charge in [0.05, 0.1) is 12.2 Å². The van der Waals surface area contributed by atoms with Crippen molar-refractivity contribution in [2.45, 2.75) is 38.9 Å². The van der Waals surface area contributed by atoms with Gasteiger partial charge in [0.25, 0.3) is 0 Å². The van der Waals surface area contributed by atoms with E-state index in [-0.39, 0.29) is 12.2 Å². The summed E-state index contributed by atoms with van der Waals surface area (Å²) in [6.07, 6.45) is 0.760. The third kappa shape index (κ3) is 6.47. The molecule has 0 aliphatic rings. The molecule has 12 heavy (non-hydrogen) atoms. The lowest BCUT2D eigenvalue weighted by atomic mass is 10.1. The summed E-state index contributed by atoms with van der Waals surface area (Å²) in [5.74, 6) is 0. The fourth-order valence-corrected chi connectivity index (χ4v) is 0.713. The second kappa shape index (κ2) is 7.41. The fourth-order valence-electron chi connectivity index (χ4n) is 0.713. The molecule has 0 bridgehead atoms. The van der Waals surface area contributed by atoms with Gasteiger partial charge < -0.3 is 0 Å². The van der Waals surface area contributed by atoms with Crippen molar-refractivity contribution < 1.29 is 30.4 Å². The van der Waals surface area contributed by atoms with Crippen molar-refractivity contribution in [3.8, 4) is 0 Å². The summed E-state index contributed by atoms with van der Waals surface area (Å²) in [5, 5.41) is 22.7. The van der Waals surface area contributed by atoms with E-state index < -0.39 is 0 Å². The Bertz CT molecular complexity index is 86.0.